The van der Waals surface area contributed by atoms with Gasteiger partial charge in [0.15, 0.2) is 0 Å². The second kappa shape index (κ2) is 10.7. The Kier molecular flexibility index (Phi) is 8.03. The number of hydrogen-bond donors (Lipinski definition) is 1. The van der Waals surface area contributed by atoms with E-state index >= 15 is 0 Å². The van der Waals surface area contributed by atoms with E-state index in [0.717, 1.165) is 35.9 Å². The van der Waals surface area contributed by atoms with Crippen LogP contribution in [0, 0.1) is 12.7 Å². The van der Waals surface area contributed by atoms with E-state index < -0.39 is 28.3 Å². The molecule has 3 rings (SSSR count). The summed E-state index contributed by atoms with van der Waals surface area (Å²) in [6, 6.07) is 11.9. The maximum absolute atomic E-state index is 14.5. The van der Waals surface area contributed by atoms with Gasteiger partial charge in [0.1, 0.15) is 12.4 Å². The summed E-state index contributed by atoms with van der Waals surface area (Å²) in [6.07, 6.45) is 4.48. The molecule has 2 aromatic carbocycles. The van der Waals surface area contributed by atoms with Crippen LogP contribution < -0.4 is 9.62 Å². The molecule has 0 aromatic heterocycles. The molecule has 0 bridgehead atoms. The fourth-order valence-corrected chi connectivity index (χ4v) is 5.12. The minimum atomic E-state index is -4.11. The molecule has 1 aliphatic rings. The van der Waals surface area contributed by atoms with E-state index in [9.17, 15) is 17.6 Å². The molecule has 168 valence electrons. The van der Waals surface area contributed by atoms with Crippen LogP contribution in [-0.4, -0.2) is 51.9 Å². The lowest BCUT2D eigenvalue weighted by atomic mass is 10.1. The molecule has 2 aromatic rings. The third kappa shape index (κ3) is 6.27. The number of aryl methyl sites for hydroxylation is 1. The summed E-state index contributed by atoms with van der Waals surface area (Å²) in [5.74, 6) is -1.16. The van der Waals surface area contributed by atoms with Crippen LogP contribution in [0.4, 0.5) is 10.1 Å². The van der Waals surface area contributed by atoms with Crippen LogP contribution in [0.2, 0.25) is 0 Å². The van der Waals surface area contributed by atoms with Crippen LogP contribution in [0.1, 0.15) is 31.2 Å². The summed E-state index contributed by atoms with van der Waals surface area (Å²) >= 11 is 0. The van der Waals surface area contributed by atoms with Crippen molar-refractivity contribution in [1.82, 2.24) is 10.2 Å². The highest BCUT2D eigenvalue weighted by Crippen LogP contribution is 2.26. The van der Waals surface area contributed by atoms with Crippen molar-refractivity contribution in [2.45, 2.75) is 37.5 Å². The van der Waals surface area contributed by atoms with Crippen molar-refractivity contribution < 1.29 is 17.6 Å². The molecule has 1 N–H and O–H groups in total. The van der Waals surface area contributed by atoms with Crippen LogP contribution in [0.15, 0.2) is 53.4 Å². The molecule has 8 heteroatoms. The predicted molar refractivity (Wildman–Crippen MR) is 120 cm³/mol. The van der Waals surface area contributed by atoms with Crippen molar-refractivity contribution in [2.24, 2.45) is 0 Å². The van der Waals surface area contributed by atoms with Crippen LogP contribution in [-0.2, 0) is 14.8 Å². The van der Waals surface area contributed by atoms with Gasteiger partial charge >= 0.3 is 0 Å². The zero-order chi connectivity index (χ0) is 22.3. The maximum atomic E-state index is 14.5. The van der Waals surface area contributed by atoms with E-state index in [1.54, 1.807) is 18.2 Å². The Balaban J connectivity index is 1.69. The third-order valence-corrected chi connectivity index (χ3v) is 7.21. The molecule has 0 spiro atoms. The maximum Gasteiger partial charge on any atom is 0.264 e. The van der Waals surface area contributed by atoms with Crippen LogP contribution in [0.3, 0.4) is 0 Å². The van der Waals surface area contributed by atoms with E-state index in [0.29, 0.717) is 6.54 Å². The monoisotopic (exact) mass is 447 g/mol. The topological polar surface area (TPSA) is 69.7 Å². The smallest absolute Gasteiger partial charge is 0.264 e. The van der Waals surface area contributed by atoms with Gasteiger partial charge in [-0.15, -0.1) is 0 Å². The molecule has 0 atom stereocenters. The second-order valence-electron chi connectivity index (χ2n) is 7.88. The number of amides is 1. The molecule has 1 amide bonds. The zero-order valence-corrected chi connectivity index (χ0v) is 18.7. The van der Waals surface area contributed by atoms with Gasteiger partial charge in [-0.2, -0.15) is 0 Å². The number of nitrogens with one attached hydrogen (secondary N) is 1. The number of piperidine rings is 1. The molecule has 1 saturated heterocycles. The van der Waals surface area contributed by atoms with Crippen LogP contribution in [0.5, 0.6) is 0 Å². The van der Waals surface area contributed by atoms with Gasteiger partial charge < -0.3 is 10.2 Å². The van der Waals surface area contributed by atoms with Gasteiger partial charge in [0.25, 0.3) is 10.0 Å². The molecule has 6 nitrogen and oxygen atoms in total. The van der Waals surface area contributed by atoms with Gasteiger partial charge in [0, 0.05) is 6.54 Å². The average Bonchev–Trinajstić information content (AvgIpc) is 2.77. The van der Waals surface area contributed by atoms with Gasteiger partial charge in [-0.25, -0.2) is 12.8 Å². The summed E-state index contributed by atoms with van der Waals surface area (Å²) in [5, 5.41) is 2.78. The van der Waals surface area contributed by atoms with E-state index in [2.05, 4.69) is 10.2 Å². The Morgan fingerprint density at radius 3 is 2.42 bits per heavy atom. The Bertz CT molecular complexity index is 974. The third-order valence-electron chi connectivity index (χ3n) is 5.44. The molecule has 0 saturated carbocycles. The number of likely N-dealkylation sites (tertiary alicyclic amines) is 1. The van der Waals surface area contributed by atoms with Gasteiger partial charge in [-0.1, -0.05) is 36.2 Å². The standard InChI is InChI=1S/C23H30FN3O3S/c1-19-10-12-20(13-11-19)31(29,30)27(22-9-4-3-8-21(22)24)18-23(28)25-14-7-17-26-15-5-2-6-16-26/h3-4,8-13H,2,5-7,14-18H2,1H3,(H,25,28). The van der Waals surface area contributed by atoms with Crippen molar-refractivity contribution in [3.63, 3.8) is 0 Å². The number of halogens is 1. The Hall–Kier alpha value is -2.45. The van der Waals surface area contributed by atoms with E-state index in [1.807, 2.05) is 6.92 Å². The molecular formula is C23H30FN3O3S. The number of benzene rings is 2. The molecular weight excluding hydrogens is 417 g/mol. The summed E-state index contributed by atoms with van der Waals surface area (Å²) < 4.78 is 41.8. The van der Waals surface area contributed by atoms with Crippen molar-refractivity contribution in [3.8, 4) is 0 Å². The zero-order valence-electron chi connectivity index (χ0n) is 17.9. The number of carbonyl (C=O) groups excluding carboxylic acids is 1. The van der Waals surface area contributed by atoms with Gasteiger partial charge in [-0.05, 0) is 70.1 Å². The molecule has 1 fully saturated rings. The normalized spacial score (nSPS) is 14.9. The van der Waals surface area contributed by atoms with Crippen LogP contribution in [0.25, 0.3) is 0 Å². The van der Waals surface area contributed by atoms with Crippen molar-refractivity contribution in [3.05, 3.63) is 59.9 Å². The molecule has 1 aliphatic heterocycles. The molecule has 31 heavy (non-hydrogen) atoms. The minimum absolute atomic E-state index is 0.0132. The number of sulfonamides is 1. The largest absolute Gasteiger partial charge is 0.354 e. The van der Waals surface area contributed by atoms with Crippen LogP contribution >= 0.6 is 0 Å². The number of rotatable bonds is 9. The lowest BCUT2D eigenvalue weighted by molar-refractivity contribution is -0.119. The van der Waals surface area contributed by atoms with Crippen molar-refractivity contribution >= 4 is 21.6 Å². The first kappa shape index (κ1) is 23.2. The highest BCUT2D eigenvalue weighted by molar-refractivity contribution is 7.92. The molecule has 0 unspecified atom stereocenters. The average molecular weight is 448 g/mol. The number of para-hydroxylation sites is 1. The van der Waals surface area contributed by atoms with Gasteiger partial charge in [0.05, 0.1) is 10.6 Å². The number of anilines is 1. The quantitative estimate of drug-likeness (QED) is 0.599. The summed E-state index contributed by atoms with van der Waals surface area (Å²) in [4.78, 5) is 15.0. The Labute approximate surface area is 184 Å². The van der Waals surface area contributed by atoms with E-state index in [4.69, 9.17) is 0 Å². The molecule has 0 radical (unpaired) electrons. The molecule has 0 aliphatic carbocycles. The SMILES string of the molecule is Cc1ccc(S(=O)(=O)N(CC(=O)NCCCN2CCCCC2)c2ccccc2F)cc1. The summed E-state index contributed by atoms with van der Waals surface area (Å²) in [6.45, 7) is 4.89. The number of carbonyl (C=O) groups is 1. The van der Waals surface area contributed by atoms with Crippen molar-refractivity contribution in [1.29, 1.82) is 0 Å². The van der Waals surface area contributed by atoms with E-state index in [1.165, 1.54) is 49.6 Å². The Morgan fingerprint density at radius 1 is 1.06 bits per heavy atom. The Morgan fingerprint density at radius 2 is 1.74 bits per heavy atom. The van der Waals surface area contributed by atoms with Gasteiger partial charge in [-0.3, -0.25) is 9.10 Å². The minimum Gasteiger partial charge on any atom is -0.354 e. The van der Waals surface area contributed by atoms with Gasteiger partial charge in [0.2, 0.25) is 5.91 Å². The lowest BCUT2D eigenvalue weighted by Gasteiger charge is -2.26. The van der Waals surface area contributed by atoms with Crippen molar-refractivity contribution in [2.75, 3.05) is 37.0 Å². The first-order chi connectivity index (χ1) is 14.9. The summed E-state index contributed by atoms with van der Waals surface area (Å²) in [5.41, 5.74) is 0.759. The number of nitrogens with zero attached hydrogens (tertiary/aromatic N) is 2. The predicted octanol–water partition coefficient (Wildman–Crippen LogP) is 3.32. The van der Waals surface area contributed by atoms with E-state index in [-0.39, 0.29) is 10.6 Å². The highest BCUT2D eigenvalue weighted by Gasteiger charge is 2.29. The fraction of sp³-hybridized carbons (Fsp3) is 0.435. The highest BCUT2D eigenvalue weighted by atomic mass is 32.2. The summed E-state index contributed by atoms with van der Waals surface area (Å²) in [7, 11) is -4.11. The second-order valence-corrected chi connectivity index (χ2v) is 9.74. The fourth-order valence-electron chi connectivity index (χ4n) is 3.69. The number of hydrogen-bond acceptors (Lipinski definition) is 4. The molecule has 1 heterocycles. The lowest BCUT2D eigenvalue weighted by Crippen LogP contribution is -2.42. The first-order valence-corrected chi connectivity index (χ1v) is 12.1. The first-order valence-electron chi connectivity index (χ1n) is 10.7.